The first kappa shape index (κ1) is 10.3. The van der Waals surface area contributed by atoms with Gasteiger partial charge in [-0.3, -0.25) is 0 Å². The Balaban J connectivity index is 4.04. The molecule has 0 spiro atoms. The molecule has 0 aliphatic carbocycles. The summed E-state index contributed by atoms with van der Waals surface area (Å²) in [4.78, 5) is 0. The normalized spacial score (nSPS) is 12.7. The quantitative estimate of drug-likeness (QED) is 0.617. The summed E-state index contributed by atoms with van der Waals surface area (Å²) in [5, 5.41) is 8.18. The highest BCUT2D eigenvalue weighted by molar-refractivity contribution is 4.83. The molecule has 0 aliphatic heterocycles. The summed E-state index contributed by atoms with van der Waals surface area (Å²) in [6, 6.07) is 1.73. The van der Waals surface area contributed by atoms with Crippen molar-refractivity contribution in [3.8, 4) is 6.07 Å². The molecule has 0 amide bonds. The van der Waals surface area contributed by atoms with Gasteiger partial charge < -0.3 is 0 Å². The molecule has 0 atom stereocenters. The van der Waals surface area contributed by atoms with Crippen LogP contribution in [-0.2, 0) is 0 Å². The maximum absolute atomic E-state index is 11.8. The third-order valence-electron chi connectivity index (χ3n) is 1.24. The van der Waals surface area contributed by atoms with E-state index in [1.165, 1.54) is 13.8 Å². The van der Waals surface area contributed by atoms with Crippen molar-refractivity contribution in [3.63, 3.8) is 0 Å². The highest BCUT2D eigenvalue weighted by Gasteiger charge is 2.36. The third-order valence-corrected chi connectivity index (χ3v) is 1.24. The molecule has 0 N–H and O–H groups in total. The van der Waals surface area contributed by atoms with Crippen LogP contribution in [-0.4, -0.2) is 6.18 Å². The standard InChI is InChI=1S/C7H10F3N/c1-6(2,3-4-11)5-7(8,9)10/h3,5H2,1-2H3. The maximum Gasteiger partial charge on any atom is 0.389 e. The van der Waals surface area contributed by atoms with Gasteiger partial charge in [0.15, 0.2) is 0 Å². The number of alkyl halides is 3. The number of nitriles is 1. The summed E-state index contributed by atoms with van der Waals surface area (Å²) >= 11 is 0. The average molecular weight is 165 g/mol. The highest BCUT2D eigenvalue weighted by atomic mass is 19.4. The van der Waals surface area contributed by atoms with E-state index in [4.69, 9.17) is 5.26 Å². The molecule has 1 nitrogen and oxygen atoms in total. The van der Waals surface area contributed by atoms with Crippen molar-refractivity contribution in [1.82, 2.24) is 0 Å². The van der Waals surface area contributed by atoms with Gasteiger partial charge in [0.25, 0.3) is 0 Å². The van der Waals surface area contributed by atoms with Gasteiger partial charge in [0.2, 0.25) is 0 Å². The lowest BCUT2D eigenvalue weighted by Crippen LogP contribution is -2.21. The smallest absolute Gasteiger partial charge is 0.198 e. The van der Waals surface area contributed by atoms with Crippen molar-refractivity contribution in [1.29, 1.82) is 5.26 Å². The molecule has 0 heterocycles. The summed E-state index contributed by atoms with van der Waals surface area (Å²) in [7, 11) is 0. The van der Waals surface area contributed by atoms with E-state index in [1.807, 2.05) is 0 Å². The second-order valence-corrected chi connectivity index (χ2v) is 3.29. The van der Waals surface area contributed by atoms with Gasteiger partial charge in [-0.1, -0.05) is 13.8 Å². The number of rotatable bonds is 2. The highest BCUT2D eigenvalue weighted by Crippen LogP contribution is 2.34. The van der Waals surface area contributed by atoms with E-state index in [2.05, 4.69) is 0 Å². The van der Waals surface area contributed by atoms with Crippen LogP contribution in [0.4, 0.5) is 13.2 Å². The molecular formula is C7H10F3N. The Kier molecular flexibility index (Phi) is 2.92. The van der Waals surface area contributed by atoms with Crippen LogP contribution in [0, 0.1) is 16.7 Å². The first-order valence-corrected chi connectivity index (χ1v) is 3.20. The summed E-state index contributed by atoms with van der Waals surface area (Å²) in [5.74, 6) is 0. The lowest BCUT2D eigenvalue weighted by Gasteiger charge is -2.22. The van der Waals surface area contributed by atoms with Gasteiger partial charge in [-0.15, -0.1) is 0 Å². The van der Waals surface area contributed by atoms with E-state index in [0.717, 1.165) is 0 Å². The topological polar surface area (TPSA) is 23.8 Å². The Morgan fingerprint density at radius 1 is 1.27 bits per heavy atom. The monoisotopic (exact) mass is 165 g/mol. The Bertz CT molecular complexity index is 164. The molecule has 0 saturated heterocycles. The van der Waals surface area contributed by atoms with Gasteiger partial charge in [-0.05, 0) is 5.41 Å². The van der Waals surface area contributed by atoms with Gasteiger partial charge in [-0.2, -0.15) is 18.4 Å². The summed E-state index contributed by atoms with van der Waals surface area (Å²) in [6.07, 6.45) is -5.12. The van der Waals surface area contributed by atoms with Crippen molar-refractivity contribution < 1.29 is 13.2 Å². The van der Waals surface area contributed by atoms with Gasteiger partial charge in [-0.25, -0.2) is 0 Å². The van der Waals surface area contributed by atoms with Gasteiger partial charge >= 0.3 is 6.18 Å². The van der Waals surface area contributed by atoms with E-state index in [-0.39, 0.29) is 6.42 Å². The van der Waals surface area contributed by atoms with Crippen LogP contribution in [0.2, 0.25) is 0 Å². The van der Waals surface area contributed by atoms with Crippen LogP contribution >= 0.6 is 0 Å². The van der Waals surface area contributed by atoms with Gasteiger partial charge in [0, 0.05) is 12.8 Å². The number of nitrogens with zero attached hydrogens (tertiary/aromatic N) is 1. The molecular weight excluding hydrogens is 155 g/mol. The van der Waals surface area contributed by atoms with Crippen LogP contribution in [0.15, 0.2) is 0 Å². The van der Waals surface area contributed by atoms with E-state index in [0.29, 0.717) is 0 Å². The number of hydrogen-bond donors (Lipinski definition) is 0. The molecule has 0 aromatic carbocycles. The van der Waals surface area contributed by atoms with Crippen LogP contribution < -0.4 is 0 Å². The Hall–Kier alpha value is -0.720. The van der Waals surface area contributed by atoms with Crippen LogP contribution in [0.3, 0.4) is 0 Å². The van der Waals surface area contributed by atoms with E-state index in [1.54, 1.807) is 6.07 Å². The van der Waals surface area contributed by atoms with Gasteiger partial charge in [0.1, 0.15) is 0 Å². The molecule has 0 bridgehead atoms. The Morgan fingerprint density at radius 3 is 2.00 bits per heavy atom. The lowest BCUT2D eigenvalue weighted by atomic mass is 9.86. The minimum atomic E-state index is -4.17. The second kappa shape index (κ2) is 3.12. The third kappa shape index (κ3) is 5.71. The first-order valence-electron chi connectivity index (χ1n) is 3.20. The second-order valence-electron chi connectivity index (χ2n) is 3.29. The molecule has 11 heavy (non-hydrogen) atoms. The largest absolute Gasteiger partial charge is 0.389 e. The molecule has 0 fully saturated rings. The van der Waals surface area contributed by atoms with E-state index < -0.39 is 18.0 Å². The molecule has 0 aromatic rings. The molecule has 0 aliphatic rings. The summed E-state index contributed by atoms with van der Waals surface area (Å²) < 4.78 is 35.3. The number of hydrogen-bond acceptors (Lipinski definition) is 1. The average Bonchev–Trinajstić information content (AvgIpc) is 1.55. The minimum Gasteiger partial charge on any atom is -0.198 e. The first-order chi connectivity index (χ1) is 4.77. The fourth-order valence-corrected chi connectivity index (χ4v) is 0.819. The minimum absolute atomic E-state index is 0.0630. The van der Waals surface area contributed by atoms with Crippen LogP contribution in [0.25, 0.3) is 0 Å². The fourth-order valence-electron chi connectivity index (χ4n) is 0.819. The molecule has 4 heteroatoms. The molecule has 0 unspecified atom stereocenters. The summed E-state index contributed by atoms with van der Waals surface area (Å²) in [6.45, 7) is 2.87. The zero-order valence-corrected chi connectivity index (χ0v) is 6.50. The van der Waals surface area contributed by atoms with Crippen molar-refractivity contribution >= 4 is 0 Å². The van der Waals surface area contributed by atoms with Crippen molar-refractivity contribution in [2.45, 2.75) is 32.9 Å². The van der Waals surface area contributed by atoms with Gasteiger partial charge in [0.05, 0.1) is 6.07 Å². The van der Waals surface area contributed by atoms with Crippen LogP contribution in [0.5, 0.6) is 0 Å². The predicted octanol–water partition coefficient (Wildman–Crippen LogP) is 2.88. The molecule has 0 aromatic heterocycles. The SMILES string of the molecule is CC(C)(CC#N)CC(F)(F)F. The molecule has 64 valence electrons. The van der Waals surface area contributed by atoms with Crippen molar-refractivity contribution in [3.05, 3.63) is 0 Å². The number of halogens is 3. The zero-order chi connectivity index (χ0) is 9.12. The van der Waals surface area contributed by atoms with E-state index >= 15 is 0 Å². The predicted molar refractivity (Wildman–Crippen MR) is 34.7 cm³/mol. The van der Waals surface area contributed by atoms with Crippen molar-refractivity contribution in [2.75, 3.05) is 0 Å². The maximum atomic E-state index is 11.8. The molecule has 0 radical (unpaired) electrons. The van der Waals surface area contributed by atoms with E-state index in [9.17, 15) is 13.2 Å². The zero-order valence-electron chi connectivity index (χ0n) is 6.50. The fraction of sp³-hybridized carbons (Fsp3) is 0.857. The Morgan fingerprint density at radius 2 is 1.73 bits per heavy atom. The lowest BCUT2D eigenvalue weighted by molar-refractivity contribution is -0.153. The summed E-state index contributed by atoms with van der Waals surface area (Å²) in [5.41, 5.74) is -0.951. The van der Waals surface area contributed by atoms with Crippen LogP contribution in [0.1, 0.15) is 26.7 Å². The molecule has 0 saturated carbocycles. The van der Waals surface area contributed by atoms with Crippen molar-refractivity contribution in [2.24, 2.45) is 5.41 Å². The Labute approximate surface area is 63.8 Å². The molecule has 0 rings (SSSR count).